The van der Waals surface area contributed by atoms with Crippen molar-refractivity contribution < 1.29 is 0 Å². The van der Waals surface area contributed by atoms with Crippen LogP contribution in [0.3, 0.4) is 0 Å². The van der Waals surface area contributed by atoms with Crippen molar-refractivity contribution in [1.29, 1.82) is 0 Å². The molecule has 0 radical (unpaired) electrons. The van der Waals surface area contributed by atoms with Crippen molar-refractivity contribution in [2.45, 2.75) is 24.1 Å². The predicted molar refractivity (Wildman–Crippen MR) is 84.8 cm³/mol. The monoisotopic (exact) mass is 277 g/mol. The topological polar surface area (TPSA) is 27.6 Å². The molecule has 0 aromatic heterocycles. The van der Waals surface area contributed by atoms with E-state index >= 15 is 0 Å². The van der Waals surface area contributed by atoms with Gasteiger partial charge in [-0.1, -0.05) is 30.3 Å². The summed E-state index contributed by atoms with van der Waals surface area (Å²) in [6.07, 6.45) is 4.84. The van der Waals surface area contributed by atoms with Gasteiger partial charge in [-0.15, -0.1) is 0 Å². The first-order valence-electron chi connectivity index (χ1n) is 6.70. The van der Waals surface area contributed by atoms with Crippen LogP contribution in [0.1, 0.15) is 18.4 Å². The van der Waals surface area contributed by atoms with Crippen LogP contribution in [0.5, 0.6) is 0 Å². The van der Waals surface area contributed by atoms with E-state index in [9.17, 15) is 0 Å². The lowest BCUT2D eigenvalue weighted by atomic mass is 10.2. The van der Waals surface area contributed by atoms with Gasteiger partial charge in [0.05, 0.1) is 6.54 Å². The van der Waals surface area contributed by atoms with E-state index in [1.165, 1.54) is 18.4 Å². The second-order valence-electron chi connectivity index (χ2n) is 5.26. The molecule has 2 rings (SSSR count). The van der Waals surface area contributed by atoms with E-state index in [1.54, 1.807) is 0 Å². The van der Waals surface area contributed by atoms with Gasteiger partial charge >= 0.3 is 0 Å². The van der Waals surface area contributed by atoms with Gasteiger partial charge in [-0.3, -0.25) is 0 Å². The van der Waals surface area contributed by atoms with Crippen LogP contribution in [-0.4, -0.2) is 42.5 Å². The van der Waals surface area contributed by atoms with E-state index in [2.05, 4.69) is 45.7 Å². The van der Waals surface area contributed by atoms with Crippen LogP contribution in [0, 0.1) is 0 Å². The van der Waals surface area contributed by atoms with Gasteiger partial charge in [-0.2, -0.15) is 11.8 Å². The van der Waals surface area contributed by atoms with Gasteiger partial charge in [0, 0.05) is 25.4 Å². The molecular formula is C15H23N3S. The molecule has 0 heterocycles. The Labute approximate surface area is 120 Å². The molecular weight excluding hydrogens is 254 g/mol. The van der Waals surface area contributed by atoms with Crippen LogP contribution in [-0.2, 0) is 6.54 Å². The highest BCUT2D eigenvalue weighted by atomic mass is 32.2. The molecule has 0 saturated heterocycles. The summed E-state index contributed by atoms with van der Waals surface area (Å²) in [5.41, 5.74) is 1.25. The molecule has 1 aliphatic rings. The van der Waals surface area contributed by atoms with Gasteiger partial charge in [0.25, 0.3) is 0 Å². The standard InChI is InChI=1S/C15H23N3S/c1-18(2)14(17-12-15(19-3)9-10-15)16-11-13-7-5-4-6-8-13/h4-8H,9-12H2,1-3H3,(H,16,17). The van der Waals surface area contributed by atoms with Crippen molar-refractivity contribution in [3.05, 3.63) is 35.9 Å². The number of hydrogen-bond acceptors (Lipinski definition) is 2. The van der Waals surface area contributed by atoms with Gasteiger partial charge in [0.1, 0.15) is 0 Å². The molecule has 1 N–H and O–H groups in total. The summed E-state index contributed by atoms with van der Waals surface area (Å²) in [6.45, 7) is 1.74. The van der Waals surface area contributed by atoms with Crippen molar-refractivity contribution >= 4 is 17.7 Å². The maximum atomic E-state index is 4.68. The molecule has 19 heavy (non-hydrogen) atoms. The number of rotatable bonds is 5. The number of nitrogens with one attached hydrogen (secondary N) is 1. The van der Waals surface area contributed by atoms with Crippen LogP contribution in [0.4, 0.5) is 0 Å². The molecule has 0 aliphatic heterocycles. The minimum Gasteiger partial charge on any atom is -0.355 e. The first kappa shape index (κ1) is 14.3. The Hall–Kier alpha value is -1.16. The molecule has 1 saturated carbocycles. The lowest BCUT2D eigenvalue weighted by molar-refractivity contribution is 0.576. The third-order valence-electron chi connectivity index (χ3n) is 3.49. The summed E-state index contributed by atoms with van der Waals surface area (Å²) in [5.74, 6) is 0.976. The predicted octanol–water partition coefficient (Wildman–Crippen LogP) is 2.59. The zero-order chi connectivity index (χ0) is 13.7. The van der Waals surface area contributed by atoms with Gasteiger partial charge in [-0.05, 0) is 24.7 Å². The number of nitrogens with zero attached hydrogens (tertiary/aromatic N) is 2. The Bertz CT molecular complexity index is 424. The highest BCUT2D eigenvalue weighted by Gasteiger charge is 2.41. The fraction of sp³-hybridized carbons (Fsp3) is 0.533. The summed E-state index contributed by atoms with van der Waals surface area (Å²) < 4.78 is 0.462. The Morgan fingerprint density at radius 2 is 2.00 bits per heavy atom. The van der Waals surface area contributed by atoms with Gasteiger partial charge in [0.15, 0.2) is 5.96 Å². The highest BCUT2D eigenvalue weighted by molar-refractivity contribution is 8.00. The lowest BCUT2D eigenvalue weighted by Gasteiger charge is -2.20. The minimum absolute atomic E-state index is 0.462. The largest absolute Gasteiger partial charge is 0.355 e. The SMILES string of the molecule is CSC1(CNC(=NCc2ccccc2)N(C)C)CC1. The second kappa shape index (κ2) is 6.33. The zero-order valence-corrected chi connectivity index (χ0v) is 12.8. The summed E-state index contributed by atoms with van der Waals surface area (Å²) in [5, 5.41) is 3.50. The first-order chi connectivity index (χ1) is 9.15. The van der Waals surface area contributed by atoms with E-state index in [4.69, 9.17) is 0 Å². The third kappa shape index (κ3) is 4.16. The Balaban J connectivity index is 1.92. The third-order valence-corrected chi connectivity index (χ3v) is 4.91. The molecule has 104 valence electrons. The molecule has 1 fully saturated rings. The lowest BCUT2D eigenvalue weighted by Crippen LogP contribution is -2.40. The Morgan fingerprint density at radius 1 is 1.32 bits per heavy atom. The minimum atomic E-state index is 0.462. The Morgan fingerprint density at radius 3 is 2.53 bits per heavy atom. The molecule has 0 atom stereocenters. The van der Waals surface area contributed by atoms with Crippen LogP contribution in [0.15, 0.2) is 35.3 Å². The fourth-order valence-corrected chi connectivity index (χ4v) is 2.66. The number of guanidine groups is 1. The van der Waals surface area contributed by atoms with Crippen molar-refractivity contribution in [1.82, 2.24) is 10.2 Å². The van der Waals surface area contributed by atoms with E-state index in [0.29, 0.717) is 4.75 Å². The van der Waals surface area contributed by atoms with Crippen LogP contribution in [0.2, 0.25) is 0 Å². The summed E-state index contributed by atoms with van der Waals surface area (Å²) in [4.78, 5) is 6.74. The molecule has 1 aromatic rings. The van der Waals surface area contributed by atoms with Crippen molar-refractivity contribution in [2.24, 2.45) is 4.99 Å². The van der Waals surface area contributed by atoms with E-state index in [1.807, 2.05) is 31.9 Å². The van der Waals surface area contributed by atoms with E-state index < -0.39 is 0 Å². The summed E-state index contributed by atoms with van der Waals surface area (Å²) in [6, 6.07) is 10.4. The number of benzene rings is 1. The molecule has 0 amide bonds. The smallest absolute Gasteiger partial charge is 0.193 e. The average Bonchev–Trinajstić information content (AvgIpc) is 3.20. The van der Waals surface area contributed by atoms with Crippen molar-refractivity contribution in [3.8, 4) is 0 Å². The average molecular weight is 277 g/mol. The number of hydrogen-bond donors (Lipinski definition) is 1. The summed E-state index contributed by atoms with van der Waals surface area (Å²) in [7, 11) is 4.07. The number of aliphatic imine (C=N–C) groups is 1. The zero-order valence-electron chi connectivity index (χ0n) is 12.0. The molecule has 0 unspecified atom stereocenters. The van der Waals surface area contributed by atoms with Gasteiger partial charge < -0.3 is 10.2 Å². The molecule has 0 spiro atoms. The first-order valence-corrected chi connectivity index (χ1v) is 7.92. The van der Waals surface area contributed by atoms with E-state index in [-0.39, 0.29) is 0 Å². The normalized spacial score (nSPS) is 17.1. The summed E-state index contributed by atoms with van der Waals surface area (Å²) >= 11 is 1.97. The van der Waals surface area contributed by atoms with E-state index in [0.717, 1.165) is 19.0 Å². The van der Waals surface area contributed by atoms with Crippen LogP contribution in [0.25, 0.3) is 0 Å². The fourth-order valence-electron chi connectivity index (χ4n) is 1.94. The van der Waals surface area contributed by atoms with Crippen molar-refractivity contribution in [2.75, 3.05) is 26.9 Å². The maximum absolute atomic E-state index is 4.68. The molecule has 1 aromatic carbocycles. The number of thioether (sulfide) groups is 1. The second-order valence-corrected chi connectivity index (χ2v) is 6.53. The molecule has 4 heteroatoms. The van der Waals surface area contributed by atoms with Crippen molar-refractivity contribution in [3.63, 3.8) is 0 Å². The van der Waals surface area contributed by atoms with Gasteiger partial charge in [-0.25, -0.2) is 4.99 Å². The highest BCUT2D eigenvalue weighted by Crippen LogP contribution is 2.46. The van der Waals surface area contributed by atoms with Crippen LogP contribution < -0.4 is 5.32 Å². The molecule has 1 aliphatic carbocycles. The quantitative estimate of drug-likeness (QED) is 0.662. The van der Waals surface area contributed by atoms with Gasteiger partial charge in [0.2, 0.25) is 0 Å². The molecule has 0 bridgehead atoms. The molecule has 3 nitrogen and oxygen atoms in total. The van der Waals surface area contributed by atoms with Crippen LogP contribution >= 0.6 is 11.8 Å². The maximum Gasteiger partial charge on any atom is 0.193 e. The Kier molecular flexibility index (Phi) is 4.75.